The Morgan fingerprint density at radius 3 is 2.85 bits per heavy atom. The third kappa shape index (κ3) is 3.30. The van der Waals surface area contributed by atoms with Gasteiger partial charge in [0.2, 0.25) is 5.91 Å². The molecule has 0 aliphatic heterocycles. The maximum absolute atomic E-state index is 12.2. The summed E-state index contributed by atoms with van der Waals surface area (Å²) in [5, 5.41) is 16.3. The third-order valence-electron chi connectivity index (χ3n) is 4.54. The van der Waals surface area contributed by atoms with E-state index in [9.17, 15) is 9.90 Å². The Labute approximate surface area is 150 Å². The second kappa shape index (κ2) is 6.98. The molecule has 0 aliphatic rings. The molecule has 0 saturated carbocycles. The van der Waals surface area contributed by atoms with Gasteiger partial charge in [-0.25, -0.2) is 4.98 Å². The number of benzene rings is 2. The van der Waals surface area contributed by atoms with Crippen molar-refractivity contribution in [3.05, 3.63) is 78.1 Å². The van der Waals surface area contributed by atoms with Crippen LogP contribution in [0.5, 0.6) is 0 Å². The van der Waals surface area contributed by atoms with Crippen LogP contribution in [-0.4, -0.2) is 27.5 Å². The minimum Gasteiger partial charge on any atom is -0.387 e. The topological polar surface area (TPSA) is 78.0 Å². The first kappa shape index (κ1) is 16.3. The molecule has 1 atom stereocenters. The Hall–Kier alpha value is -3.18. The van der Waals surface area contributed by atoms with Crippen molar-refractivity contribution in [2.24, 2.45) is 0 Å². The average molecular weight is 345 g/mol. The summed E-state index contributed by atoms with van der Waals surface area (Å²) in [4.78, 5) is 19.5. The standard InChI is InChI=1S/C21H19N3O2/c25-19(16-8-7-14-4-1-2-5-15(14)10-16)13-23-20(26)11-17-12-24-21-18(17)6-3-9-22-21/h1-10,12,19,25H,11,13H2,(H,22,24)(H,23,26). The normalized spacial score (nSPS) is 12.3. The van der Waals surface area contributed by atoms with E-state index in [-0.39, 0.29) is 18.9 Å². The molecule has 0 fully saturated rings. The van der Waals surface area contributed by atoms with Gasteiger partial charge in [-0.1, -0.05) is 36.4 Å². The summed E-state index contributed by atoms with van der Waals surface area (Å²) in [5.41, 5.74) is 2.46. The summed E-state index contributed by atoms with van der Waals surface area (Å²) in [6.07, 6.45) is 3.02. The minimum atomic E-state index is -0.742. The second-order valence-corrected chi connectivity index (χ2v) is 6.32. The maximum Gasteiger partial charge on any atom is 0.224 e. The predicted molar refractivity (Wildman–Crippen MR) is 102 cm³/mol. The lowest BCUT2D eigenvalue weighted by molar-refractivity contribution is -0.120. The lowest BCUT2D eigenvalue weighted by Crippen LogP contribution is -2.29. The fourth-order valence-electron chi connectivity index (χ4n) is 3.14. The number of nitrogens with one attached hydrogen (secondary N) is 2. The Morgan fingerprint density at radius 1 is 1.12 bits per heavy atom. The molecule has 2 aromatic heterocycles. The third-order valence-corrected chi connectivity index (χ3v) is 4.54. The second-order valence-electron chi connectivity index (χ2n) is 6.32. The van der Waals surface area contributed by atoms with Crippen LogP contribution in [0.2, 0.25) is 0 Å². The van der Waals surface area contributed by atoms with E-state index in [0.29, 0.717) is 0 Å². The van der Waals surface area contributed by atoms with Gasteiger partial charge in [0.15, 0.2) is 0 Å². The van der Waals surface area contributed by atoms with Gasteiger partial charge in [-0.3, -0.25) is 4.79 Å². The van der Waals surface area contributed by atoms with Crippen LogP contribution in [0.1, 0.15) is 17.2 Å². The van der Waals surface area contributed by atoms with Crippen LogP contribution in [0.25, 0.3) is 21.8 Å². The van der Waals surface area contributed by atoms with E-state index < -0.39 is 6.10 Å². The number of H-pyrrole nitrogens is 1. The zero-order chi connectivity index (χ0) is 17.9. The van der Waals surface area contributed by atoms with E-state index in [4.69, 9.17) is 0 Å². The molecule has 1 unspecified atom stereocenters. The van der Waals surface area contributed by atoms with Crippen LogP contribution in [0.4, 0.5) is 0 Å². The zero-order valence-corrected chi connectivity index (χ0v) is 14.1. The number of carbonyl (C=O) groups is 1. The van der Waals surface area contributed by atoms with Crippen LogP contribution in [0, 0.1) is 0 Å². The van der Waals surface area contributed by atoms with Crippen LogP contribution in [-0.2, 0) is 11.2 Å². The number of aliphatic hydroxyl groups excluding tert-OH is 1. The van der Waals surface area contributed by atoms with E-state index in [0.717, 1.165) is 32.9 Å². The zero-order valence-electron chi connectivity index (χ0n) is 14.1. The molecular formula is C21H19N3O2. The van der Waals surface area contributed by atoms with Crippen molar-refractivity contribution in [1.29, 1.82) is 0 Å². The molecule has 26 heavy (non-hydrogen) atoms. The highest BCUT2D eigenvalue weighted by molar-refractivity contribution is 5.87. The van der Waals surface area contributed by atoms with Gasteiger partial charge in [0.1, 0.15) is 5.65 Å². The summed E-state index contributed by atoms with van der Waals surface area (Å²) >= 11 is 0. The number of aliphatic hydroxyl groups is 1. The molecule has 0 spiro atoms. The van der Waals surface area contributed by atoms with Crippen molar-refractivity contribution < 1.29 is 9.90 Å². The molecule has 4 aromatic rings. The van der Waals surface area contributed by atoms with Gasteiger partial charge in [0.05, 0.1) is 12.5 Å². The number of rotatable bonds is 5. The quantitative estimate of drug-likeness (QED) is 0.520. The number of aromatic amines is 1. The molecular weight excluding hydrogens is 326 g/mol. The lowest BCUT2D eigenvalue weighted by Gasteiger charge is -2.13. The highest BCUT2D eigenvalue weighted by atomic mass is 16.3. The lowest BCUT2D eigenvalue weighted by atomic mass is 10.0. The smallest absolute Gasteiger partial charge is 0.224 e. The number of hydrogen-bond donors (Lipinski definition) is 3. The Kier molecular flexibility index (Phi) is 4.37. The van der Waals surface area contributed by atoms with Crippen LogP contribution < -0.4 is 5.32 Å². The Morgan fingerprint density at radius 2 is 1.96 bits per heavy atom. The largest absolute Gasteiger partial charge is 0.387 e. The van der Waals surface area contributed by atoms with E-state index in [1.807, 2.05) is 54.6 Å². The van der Waals surface area contributed by atoms with Gasteiger partial charge in [0, 0.05) is 24.3 Å². The highest BCUT2D eigenvalue weighted by Crippen LogP contribution is 2.20. The van der Waals surface area contributed by atoms with Crippen molar-refractivity contribution >= 4 is 27.7 Å². The molecule has 2 heterocycles. The van der Waals surface area contributed by atoms with Crippen LogP contribution in [0.3, 0.4) is 0 Å². The number of hydrogen-bond acceptors (Lipinski definition) is 3. The molecule has 130 valence electrons. The SMILES string of the molecule is O=C(Cc1c[nH]c2ncccc12)NCC(O)c1ccc2ccccc2c1. The Bertz CT molecular complexity index is 1070. The fourth-order valence-corrected chi connectivity index (χ4v) is 3.14. The first-order valence-electron chi connectivity index (χ1n) is 8.55. The predicted octanol–water partition coefficient (Wildman–Crippen LogP) is 3.11. The van der Waals surface area contributed by atoms with Gasteiger partial charge < -0.3 is 15.4 Å². The van der Waals surface area contributed by atoms with Gasteiger partial charge in [0.25, 0.3) is 0 Å². The summed E-state index contributed by atoms with van der Waals surface area (Å²) in [6.45, 7) is 0.178. The van der Waals surface area contributed by atoms with Crippen molar-refractivity contribution in [2.45, 2.75) is 12.5 Å². The Balaban J connectivity index is 1.40. The van der Waals surface area contributed by atoms with E-state index in [2.05, 4.69) is 15.3 Å². The highest BCUT2D eigenvalue weighted by Gasteiger charge is 2.12. The van der Waals surface area contributed by atoms with E-state index in [1.165, 1.54) is 0 Å². The van der Waals surface area contributed by atoms with Crippen LogP contribution in [0.15, 0.2) is 67.0 Å². The number of pyridine rings is 1. The molecule has 5 heteroatoms. The van der Waals surface area contributed by atoms with Crippen molar-refractivity contribution in [3.63, 3.8) is 0 Å². The number of amides is 1. The molecule has 0 saturated heterocycles. The van der Waals surface area contributed by atoms with Crippen LogP contribution >= 0.6 is 0 Å². The van der Waals surface area contributed by atoms with E-state index in [1.54, 1.807) is 12.4 Å². The minimum absolute atomic E-state index is 0.130. The van der Waals surface area contributed by atoms with Gasteiger partial charge in [-0.15, -0.1) is 0 Å². The summed E-state index contributed by atoms with van der Waals surface area (Å²) in [6, 6.07) is 17.6. The number of nitrogens with zero attached hydrogens (tertiary/aromatic N) is 1. The number of carbonyl (C=O) groups excluding carboxylic acids is 1. The summed E-state index contributed by atoms with van der Waals surface area (Å²) in [5.74, 6) is -0.130. The van der Waals surface area contributed by atoms with Crippen molar-refractivity contribution in [2.75, 3.05) is 6.54 Å². The molecule has 1 amide bonds. The van der Waals surface area contributed by atoms with Gasteiger partial charge in [-0.05, 0) is 40.1 Å². The molecule has 0 bridgehead atoms. The maximum atomic E-state index is 12.2. The molecule has 4 rings (SSSR count). The monoisotopic (exact) mass is 345 g/mol. The number of aromatic nitrogens is 2. The number of fused-ring (bicyclic) bond motifs is 2. The van der Waals surface area contributed by atoms with Crippen molar-refractivity contribution in [1.82, 2.24) is 15.3 Å². The van der Waals surface area contributed by atoms with Crippen molar-refractivity contribution in [3.8, 4) is 0 Å². The summed E-state index contributed by atoms with van der Waals surface area (Å²) < 4.78 is 0. The average Bonchev–Trinajstić information content (AvgIpc) is 3.08. The fraction of sp³-hybridized carbons (Fsp3) is 0.143. The molecule has 5 nitrogen and oxygen atoms in total. The first-order valence-corrected chi connectivity index (χ1v) is 8.55. The molecule has 2 aromatic carbocycles. The summed E-state index contributed by atoms with van der Waals surface area (Å²) in [7, 11) is 0. The first-order chi connectivity index (χ1) is 12.7. The molecule has 3 N–H and O–H groups in total. The van der Waals surface area contributed by atoms with Gasteiger partial charge in [-0.2, -0.15) is 0 Å². The molecule has 0 aliphatic carbocycles. The van der Waals surface area contributed by atoms with Gasteiger partial charge >= 0.3 is 0 Å². The van der Waals surface area contributed by atoms with E-state index >= 15 is 0 Å². The molecule has 0 radical (unpaired) electrons.